The predicted molar refractivity (Wildman–Crippen MR) is 59.6 cm³/mol. The maximum atomic E-state index is 11.7. The van der Waals surface area contributed by atoms with Gasteiger partial charge in [0.2, 0.25) is 0 Å². The number of carboxylic acid groups (broad SMARTS) is 1. The van der Waals surface area contributed by atoms with Gasteiger partial charge in [-0.05, 0) is 27.2 Å². The van der Waals surface area contributed by atoms with Gasteiger partial charge in [0.15, 0.2) is 0 Å². The van der Waals surface area contributed by atoms with E-state index >= 15 is 0 Å². The Hall–Kier alpha value is -1.30. The molecule has 1 rings (SSSR count). The van der Waals surface area contributed by atoms with Crippen LogP contribution in [0, 0.1) is 0 Å². The molecule has 6 heteroatoms. The molecule has 0 aromatic carbocycles. The van der Waals surface area contributed by atoms with Crippen LogP contribution in [-0.2, 0) is 9.53 Å². The quantitative estimate of drug-likeness (QED) is 0.752. The van der Waals surface area contributed by atoms with Crippen LogP contribution in [0.1, 0.15) is 33.6 Å². The van der Waals surface area contributed by atoms with E-state index in [1.807, 2.05) is 0 Å². The lowest BCUT2D eigenvalue weighted by Crippen LogP contribution is -2.40. The molecule has 1 saturated heterocycles. The van der Waals surface area contributed by atoms with Gasteiger partial charge in [-0.3, -0.25) is 4.79 Å². The third-order valence-electron chi connectivity index (χ3n) is 2.46. The Labute approximate surface area is 100 Å². The van der Waals surface area contributed by atoms with Gasteiger partial charge in [0.25, 0.3) is 0 Å². The Morgan fingerprint density at radius 2 is 2.00 bits per heavy atom. The van der Waals surface area contributed by atoms with Crippen molar-refractivity contribution >= 4 is 12.1 Å². The molecular formula is C11H19NO5. The van der Waals surface area contributed by atoms with Crippen LogP contribution in [0.5, 0.6) is 0 Å². The lowest BCUT2D eigenvalue weighted by molar-refractivity contribution is -0.142. The average molecular weight is 245 g/mol. The summed E-state index contributed by atoms with van der Waals surface area (Å²) in [6, 6.07) is 0. The summed E-state index contributed by atoms with van der Waals surface area (Å²) in [4.78, 5) is 23.6. The highest BCUT2D eigenvalue weighted by Gasteiger charge is 2.41. The van der Waals surface area contributed by atoms with Crippen molar-refractivity contribution in [3.8, 4) is 0 Å². The van der Waals surface area contributed by atoms with E-state index in [2.05, 4.69) is 0 Å². The number of rotatable bonds is 2. The summed E-state index contributed by atoms with van der Waals surface area (Å²) >= 11 is 0. The first-order valence-electron chi connectivity index (χ1n) is 5.53. The number of hydrogen-bond acceptors (Lipinski definition) is 4. The number of β-amino-alcohol motifs (C(OH)–C–C–N with tert-alkyl or cyclic N) is 1. The van der Waals surface area contributed by atoms with E-state index in [9.17, 15) is 14.7 Å². The fourth-order valence-corrected chi connectivity index (χ4v) is 1.76. The lowest BCUT2D eigenvalue weighted by atomic mass is 9.99. The highest BCUT2D eigenvalue weighted by atomic mass is 16.6. The Kier molecular flexibility index (Phi) is 3.66. The number of likely N-dealkylation sites (tertiary alicyclic amines) is 1. The van der Waals surface area contributed by atoms with Gasteiger partial charge in [0.05, 0.1) is 18.6 Å². The number of aliphatic carboxylic acids is 1. The second kappa shape index (κ2) is 4.52. The molecule has 1 fully saturated rings. The van der Waals surface area contributed by atoms with Gasteiger partial charge < -0.3 is 19.8 Å². The number of carboxylic acids is 1. The van der Waals surface area contributed by atoms with Crippen molar-refractivity contribution in [1.82, 2.24) is 4.90 Å². The number of nitrogens with zero attached hydrogens (tertiary/aromatic N) is 1. The fraction of sp³-hybridized carbons (Fsp3) is 0.818. The second-order valence-electron chi connectivity index (χ2n) is 5.45. The van der Waals surface area contributed by atoms with E-state index in [0.29, 0.717) is 6.54 Å². The molecule has 0 saturated carbocycles. The molecule has 0 bridgehead atoms. The zero-order valence-electron chi connectivity index (χ0n) is 10.4. The van der Waals surface area contributed by atoms with Crippen molar-refractivity contribution in [2.75, 3.05) is 13.1 Å². The van der Waals surface area contributed by atoms with Crippen molar-refractivity contribution in [3.63, 3.8) is 0 Å². The average Bonchev–Trinajstić information content (AvgIpc) is 2.43. The molecule has 0 aromatic heterocycles. The van der Waals surface area contributed by atoms with E-state index in [-0.39, 0.29) is 19.4 Å². The number of carbonyl (C=O) groups excluding carboxylic acids is 1. The Balaban J connectivity index is 2.55. The third kappa shape index (κ3) is 4.22. The molecule has 98 valence electrons. The van der Waals surface area contributed by atoms with Gasteiger partial charge in [0, 0.05) is 6.54 Å². The normalized spacial score (nSPS) is 24.8. The van der Waals surface area contributed by atoms with Crippen LogP contribution < -0.4 is 0 Å². The molecule has 0 radical (unpaired) electrons. The van der Waals surface area contributed by atoms with E-state index in [4.69, 9.17) is 9.84 Å². The highest BCUT2D eigenvalue weighted by Crippen LogP contribution is 2.26. The molecule has 0 aliphatic carbocycles. The minimum Gasteiger partial charge on any atom is -0.481 e. The largest absolute Gasteiger partial charge is 0.481 e. The van der Waals surface area contributed by atoms with Crippen LogP contribution in [0.4, 0.5) is 4.79 Å². The van der Waals surface area contributed by atoms with Crippen molar-refractivity contribution in [3.05, 3.63) is 0 Å². The summed E-state index contributed by atoms with van der Waals surface area (Å²) in [6.45, 7) is 5.59. The summed E-state index contributed by atoms with van der Waals surface area (Å²) in [5.41, 5.74) is -1.92. The fourth-order valence-electron chi connectivity index (χ4n) is 1.76. The molecule has 0 spiro atoms. The van der Waals surface area contributed by atoms with Crippen LogP contribution >= 0.6 is 0 Å². The Bertz CT molecular complexity index is 322. The minimum atomic E-state index is -1.33. The summed E-state index contributed by atoms with van der Waals surface area (Å²) in [5.74, 6) is -1.07. The molecule has 0 aromatic rings. The van der Waals surface area contributed by atoms with Crippen LogP contribution in [0.15, 0.2) is 0 Å². The second-order valence-corrected chi connectivity index (χ2v) is 5.45. The molecular weight excluding hydrogens is 226 g/mol. The lowest BCUT2D eigenvalue weighted by Gasteiger charge is -2.25. The zero-order chi connectivity index (χ0) is 13.3. The molecule has 0 unspecified atom stereocenters. The SMILES string of the molecule is CC(C)(C)OC(=O)N1CC[C@](O)(CC(=O)O)C1. The van der Waals surface area contributed by atoms with E-state index in [1.165, 1.54) is 4.90 Å². The van der Waals surface area contributed by atoms with Crippen molar-refractivity contribution in [2.45, 2.75) is 44.8 Å². The van der Waals surface area contributed by atoms with Gasteiger partial charge in [-0.15, -0.1) is 0 Å². The van der Waals surface area contributed by atoms with Gasteiger partial charge in [-0.25, -0.2) is 4.79 Å². The van der Waals surface area contributed by atoms with Gasteiger partial charge >= 0.3 is 12.1 Å². The van der Waals surface area contributed by atoms with Gasteiger partial charge in [-0.1, -0.05) is 0 Å². The van der Waals surface area contributed by atoms with Crippen molar-refractivity contribution in [2.24, 2.45) is 0 Å². The number of aliphatic hydroxyl groups is 1. The molecule has 1 aliphatic rings. The topological polar surface area (TPSA) is 87.1 Å². The van der Waals surface area contributed by atoms with Gasteiger partial charge in [0.1, 0.15) is 5.60 Å². The molecule has 2 N–H and O–H groups in total. The van der Waals surface area contributed by atoms with Crippen LogP contribution in [0.3, 0.4) is 0 Å². The molecule has 1 amide bonds. The molecule has 17 heavy (non-hydrogen) atoms. The van der Waals surface area contributed by atoms with Crippen molar-refractivity contribution in [1.29, 1.82) is 0 Å². The summed E-state index contributed by atoms with van der Waals surface area (Å²) < 4.78 is 5.15. The van der Waals surface area contributed by atoms with E-state index in [1.54, 1.807) is 20.8 Å². The summed E-state index contributed by atoms with van der Waals surface area (Å²) in [5, 5.41) is 18.6. The summed E-state index contributed by atoms with van der Waals surface area (Å²) in [6.07, 6.45) is -0.607. The molecule has 1 atom stereocenters. The standard InChI is InChI=1S/C11H19NO5/c1-10(2,3)17-9(15)12-5-4-11(16,7-12)6-8(13)14/h16H,4-7H2,1-3H3,(H,13,14)/t11-/m0/s1. The third-order valence-corrected chi connectivity index (χ3v) is 2.46. The number of ether oxygens (including phenoxy) is 1. The van der Waals surface area contributed by atoms with E-state index in [0.717, 1.165) is 0 Å². The predicted octanol–water partition coefficient (Wildman–Crippen LogP) is 0.833. The molecule has 6 nitrogen and oxygen atoms in total. The first-order valence-corrected chi connectivity index (χ1v) is 5.53. The monoisotopic (exact) mass is 245 g/mol. The zero-order valence-corrected chi connectivity index (χ0v) is 10.4. The minimum absolute atomic E-state index is 0.00815. The number of hydrogen-bond donors (Lipinski definition) is 2. The van der Waals surface area contributed by atoms with E-state index < -0.39 is 23.3 Å². The van der Waals surface area contributed by atoms with Crippen LogP contribution in [-0.4, -0.2) is 51.5 Å². The number of carbonyl (C=O) groups is 2. The maximum Gasteiger partial charge on any atom is 0.410 e. The first kappa shape index (κ1) is 13.8. The van der Waals surface area contributed by atoms with Crippen molar-refractivity contribution < 1.29 is 24.5 Å². The summed E-state index contributed by atoms with van der Waals surface area (Å²) in [7, 11) is 0. The van der Waals surface area contributed by atoms with Crippen LogP contribution in [0.2, 0.25) is 0 Å². The smallest absolute Gasteiger partial charge is 0.410 e. The van der Waals surface area contributed by atoms with Gasteiger partial charge in [-0.2, -0.15) is 0 Å². The van der Waals surface area contributed by atoms with Crippen LogP contribution in [0.25, 0.3) is 0 Å². The number of amides is 1. The highest BCUT2D eigenvalue weighted by molar-refractivity contribution is 5.71. The molecule has 1 aliphatic heterocycles. The maximum absolute atomic E-state index is 11.7. The first-order chi connectivity index (χ1) is 7.61. The Morgan fingerprint density at radius 3 is 2.47 bits per heavy atom. The molecule has 1 heterocycles. The Morgan fingerprint density at radius 1 is 1.41 bits per heavy atom.